The molecule has 1 N–H and O–H groups in total. The first kappa shape index (κ1) is 17.0. The number of rotatable bonds is 5. The number of nitrogens with zero attached hydrogens (tertiary/aromatic N) is 3. The van der Waals surface area contributed by atoms with Crippen molar-refractivity contribution in [2.45, 2.75) is 50.2 Å². The largest absolute Gasteiger partial charge is 0.353 e. The lowest BCUT2D eigenvalue weighted by Gasteiger charge is -2.19. The van der Waals surface area contributed by atoms with Crippen LogP contribution in [0.1, 0.15) is 39.2 Å². The molecule has 5 nitrogen and oxygen atoms in total. The van der Waals surface area contributed by atoms with Gasteiger partial charge in [0.1, 0.15) is 0 Å². The molecule has 0 unspecified atom stereocenters. The first-order valence-electron chi connectivity index (χ1n) is 8.27. The fourth-order valence-electron chi connectivity index (χ4n) is 2.44. The van der Waals surface area contributed by atoms with E-state index in [9.17, 15) is 4.79 Å². The van der Waals surface area contributed by atoms with Crippen molar-refractivity contribution in [3.63, 3.8) is 0 Å². The molecule has 1 aromatic carbocycles. The molecule has 24 heavy (non-hydrogen) atoms. The third kappa shape index (κ3) is 3.98. The van der Waals surface area contributed by atoms with Gasteiger partial charge in [0.25, 0.3) is 0 Å². The molecule has 1 aliphatic carbocycles. The fraction of sp³-hybridized carbons (Fsp3) is 0.500. The van der Waals surface area contributed by atoms with E-state index in [0.717, 1.165) is 29.4 Å². The number of nitrogens with one attached hydrogen (secondary N) is 1. The van der Waals surface area contributed by atoms with E-state index >= 15 is 0 Å². The summed E-state index contributed by atoms with van der Waals surface area (Å²) < 4.78 is 1.95. The van der Waals surface area contributed by atoms with Crippen LogP contribution < -0.4 is 5.32 Å². The van der Waals surface area contributed by atoms with Gasteiger partial charge in [0.05, 0.1) is 5.75 Å². The van der Waals surface area contributed by atoms with Crippen molar-refractivity contribution in [2.24, 2.45) is 7.05 Å². The first-order chi connectivity index (χ1) is 11.3. The van der Waals surface area contributed by atoms with Gasteiger partial charge in [-0.15, -0.1) is 10.2 Å². The Bertz CT molecular complexity index is 726. The van der Waals surface area contributed by atoms with Gasteiger partial charge in [-0.25, -0.2) is 0 Å². The highest BCUT2D eigenvalue weighted by molar-refractivity contribution is 7.99. The summed E-state index contributed by atoms with van der Waals surface area (Å²) >= 11 is 1.43. The number of thioether (sulfide) groups is 1. The van der Waals surface area contributed by atoms with Crippen LogP contribution >= 0.6 is 11.8 Å². The van der Waals surface area contributed by atoms with Crippen molar-refractivity contribution >= 4 is 17.7 Å². The van der Waals surface area contributed by atoms with Gasteiger partial charge in [-0.2, -0.15) is 0 Å². The lowest BCUT2D eigenvalue weighted by atomic mass is 9.87. The third-order valence-corrected chi connectivity index (χ3v) is 5.14. The molecule has 1 fully saturated rings. The Balaban J connectivity index is 1.68. The Kier molecular flexibility index (Phi) is 4.67. The molecular weight excluding hydrogens is 320 g/mol. The summed E-state index contributed by atoms with van der Waals surface area (Å²) in [7, 11) is 1.94. The van der Waals surface area contributed by atoms with Gasteiger partial charge in [-0.3, -0.25) is 4.79 Å². The Morgan fingerprint density at radius 2 is 1.92 bits per heavy atom. The lowest BCUT2D eigenvalue weighted by Crippen LogP contribution is -2.27. The van der Waals surface area contributed by atoms with Gasteiger partial charge >= 0.3 is 0 Å². The van der Waals surface area contributed by atoms with Crippen LogP contribution in [-0.4, -0.2) is 32.5 Å². The molecule has 0 spiro atoms. The molecule has 2 aromatic rings. The number of hydrogen-bond acceptors (Lipinski definition) is 4. The summed E-state index contributed by atoms with van der Waals surface area (Å²) in [5.41, 5.74) is 2.46. The maximum absolute atomic E-state index is 11.8. The van der Waals surface area contributed by atoms with Gasteiger partial charge in [0, 0.05) is 18.7 Å². The van der Waals surface area contributed by atoms with E-state index < -0.39 is 0 Å². The van der Waals surface area contributed by atoms with Gasteiger partial charge in [0.15, 0.2) is 11.0 Å². The Morgan fingerprint density at radius 3 is 2.50 bits per heavy atom. The van der Waals surface area contributed by atoms with E-state index in [1.807, 2.05) is 11.6 Å². The van der Waals surface area contributed by atoms with Crippen molar-refractivity contribution in [3.05, 3.63) is 29.8 Å². The Labute approximate surface area is 147 Å². The van der Waals surface area contributed by atoms with Gasteiger partial charge in [-0.1, -0.05) is 56.8 Å². The molecule has 0 aliphatic heterocycles. The molecule has 1 saturated carbocycles. The minimum Gasteiger partial charge on any atom is -0.353 e. The van der Waals surface area contributed by atoms with Crippen molar-refractivity contribution in [3.8, 4) is 11.4 Å². The molecule has 0 bridgehead atoms. The molecule has 128 valence electrons. The molecule has 0 saturated heterocycles. The average Bonchev–Trinajstić information content (AvgIpc) is 3.26. The quantitative estimate of drug-likeness (QED) is 0.847. The second-order valence-electron chi connectivity index (χ2n) is 7.32. The zero-order valence-corrected chi connectivity index (χ0v) is 15.5. The zero-order chi connectivity index (χ0) is 17.3. The van der Waals surface area contributed by atoms with Crippen LogP contribution in [0.2, 0.25) is 0 Å². The molecule has 0 atom stereocenters. The number of carbonyl (C=O) groups excluding carboxylic acids is 1. The topological polar surface area (TPSA) is 59.8 Å². The van der Waals surface area contributed by atoms with Crippen LogP contribution in [0.25, 0.3) is 11.4 Å². The van der Waals surface area contributed by atoms with Crippen molar-refractivity contribution in [1.82, 2.24) is 20.1 Å². The molecule has 1 aliphatic rings. The molecule has 6 heteroatoms. The zero-order valence-electron chi connectivity index (χ0n) is 14.7. The van der Waals surface area contributed by atoms with E-state index in [2.05, 4.69) is 60.6 Å². The second-order valence-corrected chi connectivity index (χ2v) is 8.27. The molecule has 1 amide bonds. The van der Waals surface area contributed by atoms with Gasteiger partial charge < -0.3 is 9.88 Å². The molecule has 3 rings (SSSR count). The number of benzene rings is 1. The monoisotopic (exact) mass is 344 g/mol. The van der Waals surface area contributed by atoms with Crippen molar-refractivity contribution in [1.29, 1.82) is 0 Å². The van der Waals surface area contributed by atoms with E-state index in [0.29, 0.717) is 11.8 Å². The minimum atomic E-state index is 0.0709. The smallest absolute Gasteiger partial charge is 0.230 e. The summed E-state index contributed by atoms with van der Waals surface area (Å²) in [6.45, 7) is 6.60. The predicted molar refractivity (Wildman–Crippen MR) is 97.0 cm³/mol. The summed E-state index contributed by atoms with van der Waals surface area (Å²) in [5, 5.41) is 12.3. The standard InChI is InChI=1S/C18H24N4OS/c1-18(2,3)13-7-5-12(6-8-13)16-20-21-17(22(16)4)24-11-15(23)19-14-9-10-14/h5-8,14H,9-11H2,1-4H3,(H,19,23). The normalized spacial score (nSPS) is 14.7. The maximum Gasteiger partial charge on any atom is 0.230 e. The second kappa shape index (κ2) is 6.59. The third-order valence-electron chi connectivity index (χ3n) is 4.12. The highest BCUT2D eigenvalue weighted by atomic mass is 32.2. The van der Waals surface area contributed by atoms with Crippen LogP contribution in [0.4, 0.5) is 0 Å². The predicted octanol–water partition coefficient (Wildman–Crippen LogP) is 3.15. The summed E-state index contributed by atoms with van der Waals surface area (Å²) in [5.74, 6) is 1.27. The molecule has 1 aromatic heterocycles. The van der Waals surface area contributed by atoms with Gasteiger partial charge in [-0.05, 0) is 23.8 Å². The van der Waals surface area contributed by atoms with Gasteiger partial charge in [0.2, 0.25) is 5.91 Å². The fourth-order valence-corrected chi connectivity index (χ4v) is 3.16. The molecule has 1 heterocycles. The number of amides is 1. The van der Waals surface area contributed by atoms with Crippen molar-refractivity contribution in [2.75, 3.05) is 5.75 Å². The average molecular weight is 344 g/mol. The highest BCUT2D eigenvalue weighted by Gasteiger charge is 2.23. The lowest BCUT2D eigenvalue weighted by molar-refractivity contribution is -0.118. The van der Waals surface area contributed by atoms with Crippen LogP contribution in [-0.2, 0) is 17.3 Å². The maximum atomic E-state index is 11.8. The van der Waals surface area contributed by atoms with E-state index in [4.69, 9.17) is 0 Å². The first-order valence-corrected chi connectivity index (χ1v) is 9.25. The minimum absolute atomic E-state index is 0.0709. The van der Waals surface area contributed by atoms with Crippen LogP contribution in [0.5, 0.6) is 0 Å². The highest BCUT2D eigenvalue weighted by Crippen LogP contribution is 2.27. The summed E-state index contributed by atoms with van der Waals surface area (Å²) in [6.07, 6.45) is 2.21. The number of hydrogen-bond donors (Lipinski definition) is 1. The number of aromatic nitrogens is 3. The van der Waals surface area contributed by atoms with E-state index in [-0.39, 0.29) is 11.3 Å². The van der Waals surface area contributed by atoms with Crippen LogP contribution in [0.3, 0.4) is 0 Å². The SMILES string of the molecule is Cn1c(SCC(=O)NC2CC2)nnc1-c1ccc(C(C)(C)C)cc1. The molecular formula is C18H24N4OS. The Morgan fingerprint density at radius 1 is 1.25 bits per heavy atom. The van der Waals surface area contributed by atoms with E-state index in [1.54, 1.807) is 0 Å². The number of carbonyl (C=O) groups is 1. The Hall–Kier alpha value is -1.82. The van der Waals surface area contributed by atoms with Crippen LogP contribution in [0.15, 0.2) is 29.4 Å². The van der Waals surface area contributed by atoms with E-state index in [1.165, 1.54) is 17.3 Å². The van der Waals surface area contributed by atoms with Crippen molar-refractivity contribution < 1.29 is 4.79 Å². The summed E-state index contributed by atoms with van der Waals surface area (Å²) in [6, 6.07) is 8.84. The molecule has 0 radical (unpaired) electrons. The summed E-state index contributed by atoms with van der Waals surface area (Å²) in [4.78, 5) is 11.8. The van der Waals surface area contributed by atoms with Crippen LogP contribution in [0, 0.1) is 0 Å².